The summed E-state index contributed by atoms with van der Waals surface area (Å²) in [6, 6.07) is 5.19. The number of thioether (sulfide) groups is 1. The molecule has 0 radical (unpaired) electrons. The second-order valence-electron chi connectivity index (χ2n) is 4.55. The number of methoxy groups -OCH3 is 1. The largest absolute Gasteiger partial charge is 0.495 e. The van der Waals surface area contributed by atoms with E-state index in [2.05, 4.69) is 16.5 Å². The molecular formula is C14H23N3O2S. The standard InChI is InChI=1S/C14H23N3O2S/c1-17(8-9-20-3)7-6-14(18)16-12-10-11(15)4-5-13(12)19-2/h4-5,10H,6-9,15H2,1-3H3,(H,16,18). The summed E-state index contributed by atoms with van der Waals surface area (Å²) < 4.78 is 5.20. The number of benzene rings is 1. The van der Waals surface area contributed by atoms with Crippen LogP contribution in [0, 0.1) is 0 Å². The van der Waals surface area contributed by atoms with Crippen molar-refractivity contribution in [1.82, 2.24) is 4.90 Å². The van der Waals surface area contributed by atoms with Gasteiger partial charge < -0.3 is 20.7 Å². The molecule has 5 nitrogen and oxygen atoms in total. The molecular weight excluding hydrogens is 274 g/mol. The average Bonchev–Trinajstić information content (AvgIpc) is 2.43. The Hall–Kier alpha value is -1.40. The van der Waals surface area contributed by atoms with Crippen LogP contribution in [0.3, 0.4) is 0 Å². The van der Waals surface area contributed by atoms with E-state index in [-0.39, 0.29) is 5.91 Å². The van der Waals surface area contributed by atoms with Crippen molar-refractivity contribution in [2.24, 2.45) is 0 Å². The summed E-state index contributed by atoms with van der Waals surface area (Å²) in [4.78, 5) is 14.1. The Morgan fingerprint density at radius 3 is 2.85 bits per heavy atom. The fraction of sp³-hybridized carbons (Fsp3) is 0.500. The maximum Gasteiger partial charge on any atom is 0.225 e. The average molecular weight is 297 g/mol. The number of hydrogen-bond donors (Lipinski definition) is 2. The van der Waals surface area contributed by atoms with E-state index >= 15 is 0 Å². The molecule has 0 unspecified atom stereocenters. The van der Waals surface area contributed by atoms with Gasteiger partial charge in [-0.05, 0) is 31.5 Å². The van der Waals surface area contributed by atoms with Gasteiger partial charge in [0.05, 0.1) is 12.8 Å². The lowest BCUT2D eigenvalue weighted by molar-refractivity contribution is -0.116. The number of nitrogens with one attached hydrogen (secondary N) is 1. The van der Waals surface area contributed by atoms with Crippen molar-refractivity contribution in [2.45, 2.75) is 6.42 Å². The molecule has 1 rings (SSSR count). The van der Waals surface area contributed by atoms with Crippen molar-refractivity contribution in [1.29, 1.82) is 0 Å². The molecule has 1 aromatic rings. The van der Waals surface area contributed by atoms with E-state index in [0.29, 0.717) is 23.5 Å². The summed E-state index contributed by atoms with van der Waals surface area (Å²) in [5, 5.41) is 2.84. The number of rotatable bonds is 8. The van der Waals surface area contributed by atoms with E-state index in [1.165, 1.54) is 0 Å². The molecule has 1 aromatic carbocycles. The molecule has 0 spiro atoms. The fourth-order valence-electron chi connectivity index (χ4n) is 1.69. The van der Waals surface area contributed by atoms with Crippen LogP contribution in [0.5, 0.6) is 5.75 Å². The predicted molar refractivity (Wildman–Crippen MR) is 86.5 cm³/mol. The van der Waals surface area contributed by atoms with Crippen LogP contribution in [0.15, 0.2) is 18.2 Å². The van der Waals surface area contributed by atoms with Gasteiger partial charge in [0.15, 0.2) is 0 Å². The summed E-state index contributed by atoms with van der Waals surface area (Å²) in [5.74, 6) is 1.65. The SMILES string of the molecule is COc1ccc(N)cc1NC(=O)CCN(C)CCSC. The van der Waals surface area contributed by atoms with Crippen molar-refractivity contribution >= 4 is 29.0 Å². The monoisotopic (exact) mass is 297 g/mol. The van der Waals surface area contributed by atoms with Crippen molar-refractivity contribution < 1.29 is 9.53 Å². The van der Waals surface area contributed by atoms with Gasteiger partial charge >= 0.3 is 0 Å². The van der Waals surface area contributed by atoms with Crippen LogP contribution in [0.1, 0.15) is 6.42 Å². The van der Waals surface area contributed by atoms with Crippen molar-refractivity contribution in [2.75, 3.05) is 50.3 Å². The summed E-state index contributed by atoms with van der Waals surface area (Å²) in [7, 11) is 3.59. The number of nitrogens with two attached hydrogens (primary N) is 1. The zero-order valence-electron chi connectivity index (χ0n) is 12.3. The molecule has 0 aliphatic carbocycles. The smallest absolute Gasteiger partial charge is 0.225 e. The van der Waals surface area contributed by atoms with Crippen molar-refractivity contribution in [3.05, 3.63) is 18.2 Å². The molecule has 0 aromatic heterocycles. The maximum absolute atomic E-state index is 11.9. The first kappa shape index (κ1) is 16.7. The van der Waals surface area contributed by atoms with Gasteiger partial charge in [0.2, 0.25) is 5.91 Å². The van der Waals surface area contributed by atoms with E-state index < -0.39 is 0 Å². The molecule has 20 heavy (non-hydrogen) atoms. The van der Waals surface area contributed by atoms with Crippen LogP contribution in [-0.2, 0) is 4.79 Å². The first-order valence-corrected chi connectivity index (χ1v) is 7.87. The summed E-state index contributed by atoms with van der Waals surface area (Å²) in [6.07, 6.45) is 2.52. The van der Waals surface area contributed by atoms with E-state index in [1.54, 1.807) is 37.1 Å². The third-order valence-corrected chi connectivity index (χ3v) is 3.49. The Morgan fingerprint density at radius 1 is 1.45 bits per heavy atom. The number of amides is 1. The molecule has 6 heteroatoms. The Morgan fingerprint density at radius 2 is 2.20 bits per heavy atom. The first-order chi connectivity index (χ1) is 9.56. The number of carbonyl (C=O) groups is 1. The maximum atomic E-state index is 11.9. The second kappa shape index (κ2) is 8.71. The molecule has 3 N–H and O–H groups in total. The zero-order valence-corrected chi connectivity index (χ0v) is 13.1. The summed E-state index contributed by atoms with van der Waals surface area (Å²) in [6.45, 7) is 1.72. The molecule has 0 saturated heterocycles. The minimum absolute atomic E-state index is 0.0371. The van der Waals surface area contributed by atoms with Crippen LogP contribution in [0.25, 0.3) is 0 Å². The van der Waals surface area contributed by atoms with Crippen LogP contribution in [0.2, 0.25) is 0 Å². The van der Waals surface area contributed by atoms with Crippen LogP contribution in [-0.4, -0.2) is 50.1 Å². The molecule has 0 saturated carbocycles. The van der Waals surface area contributed by atoms with Gasteiger partial charge in [-0.1, -0.05) is 0 Å². The minimum Gasteiger partial charge on any atom is -0.495 e. The summed E-state index contributed by atoms with van der Waals surface area (Å²) >= 11 is 1.80. The minimum atomic E-state index is -0.0371. The van der Waals surface area contributed by atoms with Crippen LogP contribution < -0.4 is 15.8 Å². The second-order valence-corrected chi connectivity index (χ2v) is 5.54. The van der Waals surface area contributed by atoms with Gasteiger partial charge in [-0.15, -0.1) is 0 Å². The van der Waals surface area contributed by atoms with Crippen molar-refractivity contribution in [3.63, 3.8) is 0 Å². The lowest BCUT2D eigenvalue weighted by Crippen LogP contribution is -2.26. The number of ether oxygens (including phenoxy) is 1. The third-order valence-electron chi connectivity index (χ3n) is 2.90. The Labute approximate surface area is 124 Å². The van der Waals surface area contributed by atoms with Gasteiger partial charge in [-0.3, -0.25) is 4.79 Å². The predicted octanol–water partition coefficient (Wildman–Crippen LogP) is 1.90. The molecule has 0 aliphatic rings. The third kappa shape index (κ3) is 5.71. The van der Waals surface area contributed by atoms with Gasteiger partial charge in [0.25, 0.3) is 0 Å². The molecule has 112 valence electrons. The highest BCUT2D eigenvalue weighted by Gasteiger charge is 2.09. The molecule has 0 heterocycles. The molecule has 0 atom stereocenters. The topological polar surface area (TPSA) is 67.6 Å². The Bertz CT molecular complexity index is 440. The Kier molecular flexibility index (Phi) is 7.25. The molecule has 0 aliphatic heterocycles. The number of carbonyl (C=O) groups excluding carboxylic acids is 1. The number of anilines is 2. The number of hydrogen-bond acceptors (Lipinski definition) is 5. The molecule has 1 amide bonds. The first-order valence-electron chi connectivity index (χ1n) is 6.47. The highest BCUT2D eigenvalue weighted by Crippen LogP contribution is 2.26. The van der Waals surface area contributed by atoms with Gasteiger partial charge in [-0.2, -0.15) is 11.8 Å². The van der Waals surface area contributed by atoms with Gasteiger partial charge in [0.1, 0.15) is 5.75 Å². The number of nitrogen functional groups attached to an aromatic ring is 1. The highest BCUT2D eigenvalue weighted by atomic mass is 32.2. The lowest BCUT2D eigenvalue weighted by atomic mass is 10.2. The normalized spacial score (nSPS) is 10.6. The van der Waals surface area contributed by atoms with E-state index in [4.69, 9.17) is 10.5 Å². The number of nitrogens with zero attached hydrogens (tertiary/aromatic N) is 1. The zero-order chi connectivity index (χ0) is 15.0. The van der Waals surface area contributed by atoms with Crippen LogP contribution >= 0.6 is 11.8 Å². The molecule has 0 fully saturated rings. The summed E-state index contributed by atoms with van der Waals surface area (Å²) in [5.41, 5.74) is 6.93. The highest BCUT2D eigenvalue weighted by molar-refractivity contribution is 7.98. The quantitative estimate of drug-likeness (QED) is 0.717. The van der Waals surface area contributed by atoms with Crippen molar-refractivity contribution in [3.8, 4) is 5.75 Å². The van der Waals surface area contributed by atoms with E-state index in [9.17, 15) is 4.79 Å². The van der Waals surface area contributed by atoms with Crippen LogP contribution in [0.4, 0.5) is 11.4 Å². The van der Waals surface area contributed by atoms with E-state index in [1.807, 2.05) is 7.05 Å². The molecule has 0 bridgehead atoms. The van der Waals surface area contributed by atoms with Gasteiger partial charge in [0, 0.05) is 31.0 Å². The van der Waals surface area contributed by atoms with Gasteiger partial charge in [-0.25, -0.2) is 0 Å². The fourth-order valence-corrected chi connectivity index (χ4v) is 2.18. The lowest BCUT2D eigenvalue weighted by Gasteiger charge is -2.16. The Balaban J connectivity index is 2.48. The van der Waals surface area contributed by atoms with E-state index in [0.717, 1.165) is 18.8 Å².